The Morgan fingerprint density at radius 3 is 2.29 bits per heavy atom. The molecule has 0 bridgehead atoms. The molecule has 0 saturated heterocycles. The summed E-state index contributed by atoms with van der Waals surface area (Å²) >= 11 is 3.47. The molecule has 17 heavy (non-hydrogen) atoms. The van der Waals surface area contributed by atoms with Crippen LogP contribution in [0.1, 0.15) is 30.0 Å². The minimum Gasteiger partial charge on any atom is -0.493 e. The molecule has 0 fully saturated rings. The number of hydrogen-bond acceptors (Lipinski definition) is 2. The van der Waals surface area contributed by atoms with Gasteiger partial charge in [0.15, 0.2) is 0 Å². The van der Waals surface area contributed by atoms with Gasteiger partial charge in [-0.25, -0.2) is 0 Å². The summed E-state index contributed by atoms with van der Waals surface area (Å²) < 4.78 is 11.1. The molecule has 0 aromatic heterocycles. The van der Waals surface area contributed by atoms with Gasteiger partial charge in [-0.15, -0.1) is 0 Å². The maximum absolute atomic E-state index is 5.82. The van der Waals surface area contributed by atoms with Gasteiger partial charge in [0.2, 0.25) is 0 Å². The third kappa shape index (κ3) is 4.68. The standard InChI is InChI=1S/C14H21BrO2/c1-4-16-6-5-7-17-14-11(2)8-13(10-15)9-12(14)3/h8-9H,4-7,10H2,1-3H3. The fraction of sp³-hybridized carbons (Fsp3) is 0.571. The third-order valence-electron chi connectivity index (χ3n) is 2.56. The Labute approximate surface area is 112 Å². The highest BCUT2D eigenvalue weighted by Gasteiger charge is 2.05. The second-order valence-corrected chi connectivity index (χ2v) is 4.65. The molecule has 0 saturated carbocycles. The van der Waals surface area contributed by atoms with Gasteiger partial charge < -0.3 is 9.47 Å². The summed E-state index contributed by atoms with van der Waals surface area (Å²) in [6.07, 6.45) is 0.937. The van der Waals surface area contributed by atoms with Gasteiger partial charge in [0, 0.05) is 25.0 Å². The van der Waals surface area contributed by atoms with Crippen LogP contribution in [-0.4, -0.2) is 19.8 Å². The van der Waals surface area contributed by atoms with Crippen LogP contribution < -0.4 is 4.74 Å². The Morgan fingerprint density at radius 2 is 1.76 bits per heavy atom. The minimum absolute atomic E-state index is 0.718. The van der Waals surface area contributed by atoms with Gasteiger partial charge in [-0.2, -0.15) is 0 Å². The SMILES string of the molecule is CCOCCCOc1c(C)cc(CBr)cc1C. The van der Waals surface area contributed by atoms with E-state index in [4.69, 9.17) is 9.47 Å². The quantitative estimate of drug-likeness (QED) is 0.560. The number of benzene rings is 1. The number of rotatable bonds is 7. The van der Waals surface area contributed by atoms with Gasteiger partial charge in [-0.3, -0.25) is 0 Å². The van der Waals surface area contributed by atoms with E-state index in [2.05, 4.69) is 41.9 Å². The summed E-state index contributed by atoms with van der Waals surface area (Å²) in [4.78, 5) is 0. The van der Waals surface area contributed by atoms with E-state index in [1.807, 2.05) is 6.92 Å². The Hall–Kier alpha value is -0.540. The lowest BCUT2D eigenvalue weighted by atomic mass is 10.1. The molecule has 1 rings (SSSR count). The molecule has 0 aliphatic carbocycles. The van der Waals surface area contributed by atoms with Crippen molar-refractivity contribution >= 4 is 15.9 Å². The molecule has 1 aromatic rings. The molecular formula is C14H21BrO2. The molecule has 2 nitrogen and oxygen atoms in total. The number of alkyl halides is 1. The highest BCUT2D eigenvalue weighted by atomic mass is 79.9. The first-order valence-electron chi connectivity index (χ1n) is 6.05. The van der Waals surface area contributed by atoms with E-state index in [1.54, 1.807) is 0 Å². The fourth-order valence-electron chi connectivity index (χ4n) is 1.82. The van der Waals surface area contributed by atoms with Crippen molar-refractivity contribution in [2.24, 2.45) is 0 Å². The molecule has 0 N–H and O–H groups in total. The van der Waals surface area contributed by atoms with Gasteiger partial charge in [0.25, 0.3) is 0 Å². The van der Waals surface area contributed by atoms with Crippen molar-refractivity contribution in [1.29, 1.82) is 0 Å². The van der Waals surface area contributed by atoms with Crippen molar-refractivity contribution in [3.63, 3.8) is 0 Å². The summed E-state index contributed by atoms with van der Waals surface area (Å²) in [6.45, 7) is 8.46. The first kappa shape index (κ1) is 14.5. The highest BCUT2D eigenvalue weighted by molar-refractivity contribution is 9.08. The summed E-state index contributed by atoms with van der Waals surface area (Å²) in [5, 5.41) is 0.888. The Kier molecular flexibility index (Phi) is 6.60. The molecule has 3 heteroatoms. The lowest BCUT2D eigenvalue weighted by Gasteiger charge is -2.13. The molecule has 1 aromatic carbocycles. The van der Waals surface area contributed by atoms with E-state index in [0.717, 1.165) is 37.3 Å². The Balaban J connectivity index is 2.53. The predicted molar refractivity (Wildman–Crippen MR) is 75.2 cm³/mol. The van der Waals surface area contributed by atoms with Crippen LogP contribution in [0.4, 0.5) is 0 Å². The smallest absolute Gasteiger partial charge is 0.125 e. The van der Waals surface area contributed by atoms with E-state index in [1.165, 1.54) is 16.7 Å². The predicted octanol–water partition coefficient (Wildman–Crippen LogP) is 4.00. The van der Waals surface area contributed by atoms with Crippen molar-refractivity contribution in [2.75, 3.05) is 19.8 Å². The molecule has 96 valence electrons. The van der Waals surface area contributed by atoms with Crippen molar-refractivity contribution < 1.29 is 9.47 Å². The van der Waals surface area contributed by atoms with Crippen LogP contribution in [0.5, 0.6) is 5.75 Å². The molecule has 0 amide bonds. The van der Waals surface area contributed by atoms with E-state index < -0.39 is 0 Å². The number of hydrogen-bond donors (Lipinski definition) is 0. The van der Waals surface area contributed by atoms with Gasteiger partial charge in [0.1, 0.15) is 5.75 Å². The van der Waals surface area contributed by atoms with Crippen molar-refractivity contribution in [3.05, 3.63) is 28.8 Å². The van der Waals surface area contributed by atoms with E-state index in [-0.39, 0.29) is 0 Å². The van der Waals surface area contributed by atoms with Crippen LogP contribution in [-0.2, 0) is 10.1 Å². The molecule has 0 spiro atoms. The van der Waals surface area contributed by atoms with Crippen LogP contribution >= 0.6 is 15.9 Å². The third-order valence-corrected chi connectivity index (χ3v) is 3.21. The van der Waals surface area contributed by atoms with Crippen LogP contribution in [0, 0.1) is 13.8 Å². The summed E-state index contributed by atoms with van der Waals surface area (Å²) in [5.74, 6) is 1.02. The monoisotopic (exact) mass is 300 g/mol. The second-order valence-electron chi connectivity index (χ2n) is 4.09. The molecule has 0 atom stereocenters. The molecule has 0 heterocycles. The largest absolute Gasteiger partial charge is 0.493 e. The first-order chi connectivity index (χ1) is 8.19. The number of ether oxygens (including phenoxy) is 2. The maximum atomic E-state index is 5.82. The lowest BCUT2D eigenvalue weighted by Crippen LogP contribution is -2.05. The van der Waals surface area contributed by atoms with Crippen LogP contribution in [0.25, 0.3) is 0 Å². The maximum Gasteiger partial charge on any atom is 0.125 e. The lowest BCUT2D eigenvalue weighted by molar-refractivity contribution is 0.130. The Morgan fingerprint density at radius 1 is 1.12 bits per heavy atom. The summed E-state index contributed by atoms with van der Waals surface area (Å²) in [5.41, 5.74) is 3.70. The van der Waals surface area contributed by atoms with Gasteiger partial charge >= 0.3 is 0 Å². The molecule has 0 unspecified atom stereocenters. The van der Waals surface area contributed by atoms with E-state index in [9.17, 15) is 0 Å². The fourth-order valence-corrected chi connectivity index (χ4v) is 2.15. The number of aryl methyl sites for hydroxylation is 2. The normalized spacial score (nSPS) is 10.6. The zero-order valence-corrected chi connectivity index (χ0v) is 12.5. The van der Waals surface area contributed by atoms with Crippen LogP contribution in [0.3, 0.4) is 0 Å². The average molecular weight is 301 g/mol. The van der Waals surface area contributed by atoms with E-state index >= 15 is 0 Å². The zero-order chi connectivity index (χ0) is 12.7. The summed E-state index contributed by atoms with van der Waals surface area (Å²) in [7, 11) is 0. The van der Waals surface area contributed by atoms with Gasteiger partial charge in [0.05, 0.1) is 6.61 Å². The topological polar surface area (TPSA) is 18.5 Å². The molecule has 0 aliphatic heterocycles. The molecule has 0 radical (unpaired) electrons. The summed E-state index contributed by atoms with van der Waals surface area (Å²) in [6, 6.07) is 4.33. The first-order valence-corrected chi connectivity index (χ1v) is 7.17. The van der Waals surface area contributed by atoms with Crippen molar-refractivity contribution in [3.8, 4) is 5.75 Å². The average Bonchev–Trinajstić information content (AvgIpc) is 2.31. The highest BCUT2D eigenvalue weighted by Crippen LogP contribution is 2.25. The van der Waals surface area contributed by atoms with Gasteiger partial charge in [-0.1, -0.05) is 28.1 Å². The van der Waals surface area contributed by atoms with Crippen molar-refractivity contribution in [2.45, 2.75) is 32.5 Å². The second kappa shape index (κ2) is 7.72. The molecule has 0 aliphatic rings. The van der Waals surface area contributed by atoms with Crippen LogP contribution in [0.2, 0.25) is 0 Å². The van der Waals surface area contributed by atoms with Gasteiger partial charge in [-0.05, 0) is 37.5 Å². The molecular weight excluding hydrogens is 280 g/mol. The van der Waals surface area contributed by atoms with E-state index in [0.29, 0.717) is 0 Å². The zero-order valence-electron chi connectivity index (χ0n) is 10.9. The minimum atomic E-state index is 0.718. The number of halogens is 1. The van der Waals surface area contributed by atoms with Crippen molar-refractivity contribution in [1.82, 2.24) is 0 Å². The Bertz CT molecular complexity index is 327. The van der Waals surface area contributed by atoms with Crippen LogP contribution in [0.15, 0.2) is 12.1 Å².